The fourth-order valence-electron chi connectivity index (χ4n) is 3.94. The van der Waals surface area contributed by atoms with Crippen molar-refractivity contribution in [1.29, 1.82) is 0 Å². The molecule has 1 saturated heterocycles. The normalized spacial score (nSPS) is 22.3. The van der Waals surface area contributed by atoms with E-state index < -0.39 is 0 Å². The van der Waals surface area contributed by atoms with Crippen molar-refractivity contribution in [2.45, 2.75) is 31.3 Å². The Hall–Kier alpha value is -2.32. The third-order valence-corrected chi connectivity index (χ3v) is 6.67. The van der Waals surface area contributed by atoms with E-state index >= 15 is 0 Å². The number of amides is 1. The van der Waals surface area contributed by atoms with Crippen LogP contribution in [-0.2, 0) is 6.42 Å². The minimum absolute atomic E-state index is 0.127. The molecule has 0 aromatic carbocycles. The monoisotopic (exact) mass is 354 g/mol. The van der Waals surface area contributed by atoms with Crippen molar-refractivity contribution in [1.82, 2.24) is 24.5 Å². The van der Waals surface area contributed by atoms with Crippen molar-refractivity contribution >= 4 is 28.0 Å². The van der Waals surface area contributed by atoms with Crippen LogP contribution in [0.4, 0.5) is 5.13 Å². The van der Waals surface area contributed by atoms with E-state index in [4.69, 9.17) is 4.98 Å². The molecule has 2 aliphatic rings. The first-order valence-corrected chi connectivity index (χ1v) is 9.23. The molecule has 5 heterocycles. The van der Waals surface area contributed by atoms with Crippen LogP contribution >= 0.6 is 11.3 Å². The van der Waals surface area contributed by atoms with E-state index in [1.54, 1.807) is 52.5 Å². The van der Waals surface area contributed by atoms with Gasteiger partial charge in [-0.2, -0.15) is 5.10 Å². The molecule has 0 unspecified atom stereocenters. The number of likely N-dealkylation sites (N-methyl/N-ethyl adjacent to an activating group) is 1. The van der Waals surface area contributed by atoms with Gasteiger partial charge in [-0.15, -0.1) is 0 Å². The summed E-state index contributed by atoms with van der Waals surface area (Å²) in [5.41, 5.74) is 2.23. The van der Waals surface area contributed by atoms with Crippen LogP contribution in [0.5, 0.6) is 0 Å². The average Bonchev–Trinajstić information content (AvgIpc) is 3.30. The standard InChI is InChI=1S/C17H18N6OS/c1-21-10-4-5-13(21)14-12(8-10)20-17(25-14)22(2)16(24)11-9-19-23-7-3-6-18-15(11)23/h3,6-7,9-10,13H,4-5,8H2,1-2H3/t10-,13-/m1/s1. The smallest absolute Gasteiger partial charge is 0.265 e. The number of aromatic nitrogens is 4. The minimum Gasteiger partial charge on any atom is -0.295 e. The fraction of sp³-hybridized carbons (Fsp3) is 0.412. The van der Waals surface area contributed by atoms with Gasteiger partial charge in [-0.3, -0.25) is 14.6 Å². The van der Waals surface area contributed by atoms with E-state index in [0.29, 0.717) is 23.3 Å². The maximum atomic E-state index is 12.9. The highest BCUT2D eigenvalue weighted by atomic mass is 32.1. The number of carbonyl (C=O) groups is 1. The lowest BCUT2D eigenvalue weighted by atomic mass is 10.1. The molecule has 3 aromatic heterocycles. The summed E-state index contributed by atoms with van der Waals surface area (Å²) in [6.07, 6.45) is 8.44. The number of rotatable bonds is 2. The lowest BCUT2D eigenvalue weighted by molar-refractivity contribution is 0.0994. The zero-order chi connectivity index (χ0) is 17.1. The molecule has 1 amide bonds. The summed E-state index contributed by atoms with van der Waals surface area (Å²) in [6, 6.07) is 2.85. The summed E-state index contributed by atoms with van der Waals surface area (Å²) >= 11 is 1.64. The molecule has 7 nitrogen and oxygen atoms in total. The molecule has 0 saturated carbocycles. The van der Waals surface area contributed by atoms with Gasteiger partial charge in [0.25, 0.3) is 5.91 Å². The number of fused-ring (bicyclic) bond motifs is 5. The average molecular weight is 354 g/mol. The van der Waals surface area contributed by atoms with Crippen LogP contribution in [0.1, 0.15) is 39.8 Å². The van der Waals surface area contributed by atoms with Crippen molar-refractivity contribution in [2.75, 3.05) is 19.0 Å². The molecular formula is C17H18N6OS. The van der Waals surface area contributed by atoms with Gasteiger partial charge < -0.3 is 0 Å². The molecule has 2 aliphatic heterocycles. The Morgan fingerprint density at radius 2 is 2.28 bits per heavy atom. The number of nitrogens with zero attached hydrogens (tertiary/aromatic N) is 6. The molecule has 25 heavy (non-hydrogen) atoms. The molecule has 8 heteroatoms. The van der Waals surface area contributed by atoms with Gasteiger partial charge >= 0.3 is 0 Å². The third-order valence-electron chi connectivity index (χ3n) is 5.39. The molecule has 3 aromatic rings. The van der Waals surface area contributed by atoms with Crippen molar-refractivity contribution in [3.63, 3.8) is 0 Å². The summed E-state index contributed by atoms with van der Waals surface area (Å²) in [6.45, 7) is 0. The van der Waals surface area contributed by atoms with E-state index in [1.165, 1.54) is 23.4 Å². The van der Waals surface area contributed by atoms with Crippen molar-refractivity contribution < 1.29 is 4.79 Å². The Balaban J connectivity index is 1.49. The summed E-state index contributed by atoms with van der Waals surface area (Å²) in [5.74, 6) is -0.127. The van der Waals surface area contributed by atoms with Gasteiger partial charge in [0.15, 0.2) is 10.8 Å². The number of hydrogen-bond acceptors (Lipinski definition) is 6. The fourth-order valence-corrected chi connectivity index (χ4v) is 5.18. The van der Waals surface area contributed by atoms with Crippen LogP contribution in [0.2, 0.25) is 0 Å². The van der Waals surface area contributed by atoms with Gasteiger partial charge in [0.2, 0.25) is 0 Å². The summed E-state index contributed by atoms with van der Waals surface area (Å²) in [7, 11) is 3.98. The Kier molecular flexibility index (Phi) is 3.20. The van der Waals surface area contributed by atoms with Gasteiger partial charge in [0.1, 0.15) is 5.56 Å². The highest BCUT2D eigenvalue weighted by molar-refractivity contribution is 7.16. The highest BCUT2D eigenvalue weighted by Gasteiger charge is 2.40. The molecule has 1 fully saturated rings. The number of anilines is 1. The summed E-state index contributed by atoms with van der Waals surface area (Å²) in [4.78, 5) is 27.4. The van der Waals surface area contributed by atoms with Gasteiger partial charge in [-0.25, -0.2) is 14.5 Å². The van der Waals surface area contributed by atoms with Crippen LogP contribution in [0.15, 0.2) is 24.7 Å². The molecular weight excluding hydrogens is 336 g/mol. The van der Waals surface area contributed by atoms with Crippen LogP contribution in [0.25, 0.3) is 5.65 Å². The van der Waals surface area contributed by atoms with E-state index in [0.717, 1.165) is 11.6 Å². The number of hydrogen-bond donors (Lipinski definition) is 0. The SMILES string of the molecule is CN(C(=O)c1cnn2cccnc12)c1nc2c(s1)[C@H]1CC[C@H](C2)N1C. The van der Waals surface area contributed by atoms with Crippen molar-refractivity contribution in [3.8, 4) is 0 Å². The third kappa shape index (κ3) is 2.14. The van der Waals surface area contributed by atoms with E-state index in [-0.39, 0.29) is 5.91 Å². The molecule has 2 bridgehead atoms. The highest BCUT2D eigenvalue weighted by Crippen LogP contribution is 2.46. The zero-order valence-corrected chi connectivity index (χ0v) is 14.9. The van der Waals surface area contributed by atoms with Crippen LogP contribution in [-0.4, -0.2) is 50.5 Å². The molecule has 0 N–H and O–H groups in total. The second-order valence-electron chi connectivity index (χ2n) is 6.73. The Bertz CT molecular complexity index is 979. The second kappa shape index (κ2) is 5.34. The van der Waals surface area contributed by atoms with Gasteiger partial charge in [0.05, 0.1) is 11.9 Å². The molecule has 0 aliphatic carbocycles. The summed E-state index contributed by atoms with van der Waals surface area (Å²) < 4.78 is 1.61. The Morgan fingerprint density at radius 1 is 1.40 bits per heavy atom. The molecule has 0 spiro atoms. The Morgan fingerprint density at radius 3 is 3.16 bits per heavy atom. The molecule has 2 atom stereocenters. The van der Waals surface area contributed by atoms with Crippen LogP contribution in [0.3, 0.4) is 0 Å². The largest absolute Gasteiger partial charge is 0.295 e. The van der Waals surface area contributed by atoms with Gasteiger partial charge in [-0.05, 0) is 26.0 Å². The van der Waals surface area contributed by atoms with Crippen molar-refractivity contribution in [3.05, 3.63) is 40.8 Å². The lowest BCUT2D eigenvalue weighted by Crippen LogP contribution is -2.33. The molecule has 5 rings (SSSR count). The predicted octanol–water partition coefficient (Wildman–Crippen LogP) is 2.15. The van der Waals surface area contributed by atoms with E-state index in [1.807, 2.05) is 0 Å². The number of thiazole rings is 1. The zero-order valence-electron chi connectivity index (χ0n) is 14.1. The van der Waals surface area contributed by atoms with E-state index in [9.17, 15) is 4.79 Å². The first-order valence-electron chi connectivity index (χ1n) is 8.41. The summed E-state index contributed by atoms with van der Waals surface area (Å²) in [5, 5.41) is 4.96. The topological polar surface area (TPSA) is 66.6 Å². The first-order chi connectivity index (χ1) is 12.1. The lowest BCUT2D eigenvalue weighted by Gasteiger charge is -2.29. The van der Waals surface area contributed by atoms with Crippen LogP contribution < -0.4 is 4.90 Å². The quantitative estimate of drug-likeness (QED) is 0.705. The Labute approximate surface area is 148 Å². The number of carbonyl (C=O) groups excluding carboxylic acids is 1. The maximum absolute atomic E-state index is 12.9. The van der Waals surface area contributed by atoms with Gasteiger partial charge in [0, 0.05) is 42.8 Å². The van der Waals surface area contributed by atoms with Crippen molar-refractivity contribution in [2.24, 2.45) is 0 Å². The molecule has 0 radical (unpaired) electrons. The molecule has 128 valence electrons. The first kappa shape index (κ1) is 15.0. The van der Waals surface area contributed by atoms with E-state index in [2.05, 4.69) is 22.0 Å². The van der Waals surface area contributed by atoms with Gasteiger partial charge in [-0.1, -0.05) is 11.3 Å². The van der Waals surface area contributed by atoms with Crippen LogP contribution in [0, 0.1) is 0 Å². The maximum Gasteiger partial charge on any atom is 0.265 e. The predicted molar refractivity (Wildman–Crippen MR) is 95.1 cm³/mol. The second-order valence-corrected chi connectivity index (χ2v) is 7.74. The minimum atomic E-state index is -0.127.